The molecule has 0 aliphatic rings. The Morgan fingerprint density at radius 2 is 1.71 bits per heavy atom. The molecule has 1 atom stereocenters. The molecular weight excluding hydrogens is 262 g/mol. The summed E-state index contributed by atoms with van der Waals surface area (Å²) in [6, 6.07) is 2.37. The summed E-state index contributed by atoms with van der Waals surface area (Å²) >= 11 is 0. The lowest BCUT2D eigenvalue weighted by molar-refractivity contribution is 0.344. The van der Waals surface area contributed by atoms with Crippen LogP contribution in [-0.2, 0) is 0 Å². The van der Waals surface area contributed by atoms with E-state index >= 15 is 0 Å². The molecule has 1 rings (SSSR count). The first-order chi connectivity index (χ1) is 9.83. The minimum Gasteiger partial charge on any atom is -0.370 e. The number of hydrogen-bond donors (Lipinski definition) is 2. The Bertz CT molecular complexity index is 429. The van der Waals surface area contributed by atoms with Crippen molar-refractivity contribution in [1.82, 2.24) is 14.9 Å². The summed E-state index contributed by atoms with van der Waals surface area (Å²) in [4.78, 5) is 11.4. The molecule has 0 fully saturated rings. The molecule has 1 unspecified atom stereocenters. The Hall–Kier alpha value is -1.36. The SMILES string of the molecule is CCNc1cc(NC(CN(C)C)C(C)C)nc(C(C)C)n1. The van der Waals surface area contributed by atoms with Crippen molar-refractivity contribution in [2.24, 2.45) is 5.92 Å². The second-order valence-corrected chi connectivity index (χ2v) is 6.44. The molecule has 0 saturated heterocycles. The van der Waals surface area contributed by atoms with E-state index in [4.69, 9.17) is 0 Å². The summed E-state index contributed by atoms with van der Waals surface area (Å²) in [5, 5.41) is 6.86. The molecule has 0 aliphatic carbocycles. The summed E-state index contributed by atoms with van der Waals surface area (Å²) in [6.45, 7) is 12.6. The van der Waals surface area contributed by atoms with Gasteiger partial charge in [0.2, 0.25) is 0 Å². The van der Waals surface area contributed by atoms with Crippen LogP contribution in [0.3, 0.4) is 0 Å². The van der Waals surface area contributed by atoms with Crippen LogP contribution in [0.15, 0.2) is 6.07 Å². The molecular formula is C16H31N5. The van der Waals surface area contributed by atoms with Crippen LogP contribution >= 0.6 is 0 Å². The Balaban J connectivity index is 2.98. The predicted molar refractivity (Wildman–Crippen MR) is 91.1 cm³/mol. The van der Waals surface area contributed by atoms with E-state index in [1.54, 1.807) is 0 Å². The smallest absolute Gasteiger partial charge is 0.135 e. The summed E-state index contributed by atoms with van der Waals surface area (Å²) in [5.41, 5.74) is 0. The van der Waals surface area contributed by atoms with E-state index in [1.165, 1.54) is 0 Å². The van der Waals surface area contributed by atoms with Gasteiger partial charge in [-0.3, -0.25) is 0 Å². The summed E-state index contributed by atoms with van der Waals surface area (Å²) in [7, 11) is 4.20. The molecule has 0 amide bonds. The topological polar surface area (TPSA) is 53.1 Å². The molecule has 21 heavy (non-hydrogen) atoms. The number of hydrogen-bond acceptors (Lipinski definition) is 5. The van der Waals surface area contributed by atoms with Crippen molar-refractivity contribution in [3.05, 3.63) is 11.9 Å². The zero-order chi connectivity index (χ0) is 16.0. The fraction of sp³-hybridized carbons (Fsp3) is 0.750. The standard InChI is InChI=1S/C16H31N5/c1-8-17-14-9-15(20-16(19-14)12(4)5)18-13(11(2)3)10-21(6)7/h9,11-13H,8,10H2,1-7H3,(H2,17,18,19,20). The molecule has 2 N–H and O–H groups in total. The normalized spacial score (nSPS) is 13.0. The lowest BCUT2D eigenvalue weighted by Gasteiger charge is -2.26. The van der Waals surface area contributed by atoms with Crippen LogP contribution in [0.5, 0.6) is 0 Å². The van der Waals surface area contributed by atoms with Crippen molar-refractivity contribution in [1.29, 1.82) is 0 Å². The van der Waals surface area contributed by atoms with Crippen molar-refractivity contribution in [2.75, 3.05) is 37.8 Å². The lowest BCUT2D eigenvalue weighted by atomic mass is 10.0. The number of nitrogens with one attached hydrogen (secondary N) is 2. The highest BCUT2D eigenvalue weighted by Crippen LogP contribution is 2.19. The molecule has 0 aliphatic heterocycles. The summed E-state index contributed by atoms with van der Waals surface area (Å²) < 4.78 is 0. The number of rotatable bonds is 8. The van der Waals surface area contributed by atoms with Crippen LogP contribution in [0.25, 0.3) is 0 Å². The Labute approximate surface area is 129 Å². The van der Waals surface area contributed by atoms with Gasteiger partial charge in [0.05, 0.1) is 0 Å². The highest BCUT2D eigenvalue weighted by atomic mass is 15.1. The third kappa shape index (κ3) is 5.87. The third-order valence-electron chi connectivity index (χ3n) is 3.32. The number of nitrogens with zero attached hydrogens (tertiary/aromatic N) is 3. The molecule has 0 aromatic carbocycles. The first kappa shape index (κ1) is 17.7. The average molecular weight is 293 g/mol. The van der Waals surface area contributed by atoms with Gasteiger partial charge in [0.25, 0.3) is 0 Å². The maximum absolute atomic E-state index is 4.66. The van der Waals surface area contributed by atoms with Gasteiger partial charge in [-0.25, -0.2) is 9.97 Å². The van der Waals surface area contributed by atoms with Crippen LogP contribution in [0, 0.1) is 5.92 Å². The monoisotopic (exact) mass is 293 g/mol. The van der Waals surface area contributed by atoms with Gasteiger partial charge < -0.3 is 15.5 Å². The zero-order valence-electron chi connectivity index (χ0n) is 14.6. The van der Waals surface area contributed by atoms with Gasteiger partial charge in [-0.1, -0.05) is 27.7 Å². The van der Waals surface area contributed by atoms with E-state index in [9.17, 15) is 0 Å². The molecule has 0 radical (unpaired) electrons. The van der Waals surface area contributed by atoms with Gasteiger partial charge in [0.1, 0.15) is 17.5 Å². The van der Waals surface area contributed by atoms with Crippen LogP contribution in [-0.4, -0.2) is 48.1 Å². The van der Waals surface area contributed by atoms with E-state index in [-0.39, 0.29) is 0 Å². The van der Waals surface area contributed by atoms with Gasteiger partial charge in [-0.05, 0) is 26.9 Å². The third-order valence-corrected chi connectivity index (χ3v) is 3.32. The largest absolute Gasteiger partial charge is 0.370 e. The van der Waals surface area contributed by atoms with E-state index in [2.05, 4.69) is 74.2 Å². The molecule has 1 aromatic rings. The molecule has 0 saturated carbocycles. The number of anilines is 2. The zero-order valence-corrected chi connectivity index (χ0v) is 14.6. The van der Waals surface area contributed by atoms with Gasteiger partial charge >= 0.3 is 0 Å². The van der Waals surface area contributed by atoms with E-state index in [0.29, 0.717) is 17.9 Å². The molecule has 5 nitrogen and oxygen atoms in total. The van der Waals surface area contributed by atoms with Crippen molar-refractivity contribution in [3.63, 3.8) is 0 Å². The lowest BCUT2D eigenvalue weighted by Crippen LogP contribution is -2.36. The quantitative estimate of drug-likeness (QED) is 0.771. The van der Waals surface area contributed by atoms with E-state index in [0.717, 1.165) is 30.5 Å². The van der Waals surface area contributed by atoms with Crippen molar-refractivity contribution >= 4 is 11.6 Å². The van der Waals surface area contributed by atoms with Crippen LogP contribution in [0.1, 0.15) is 46.4 Å². The van der Waals surface area contributed by atoms with Gasteiger partial charge in [0.15, 0.2) is 0 Å². The second-order valence-electron chi connectivity index (χ2n) is 6.44. The minimum atomic E-state index is 0.315. The Morgan fingerprint density at radius 1 is 1.10 bits per heavy atom. The first-order valence-corrected chi connectivity index (χ1v) is 7.87. The van der Waals surface area contributed by atoms with Gasteiger partial charge in [-0.2, -0.15) is 0 Å². The first-order valence-electron chi connectivity index (χ1n) is 7.87. The van der Waals surface area contributed by atoms with Crippen LogP contribution < -0.4 is 10.6 Å². The van der Waals surface area contributed by atoms with Crippen molar-refractivity contribution < 1.29 is 0 Å². The minimum absolute atomic E-state index is 0.315. The van der Waals surface area contributed by atoms with E-state index in [1.807, 2.05) is 6.07 Å². The molecule has 0 spiro atoms. The van der Waals surface area contributed by atoms with Crippen molar-refractivity contribution in [2.45, 2.75) is 46.6 Å². The molecule has 1 heterocycles. The fourth-order valence-electron chi connectivity index (χ4n) is 2.08. The van der Waals surface area contributed by atoms with Crippen LogP contribution in [0.2, 0.25) is 0 Å². The molecule has 120 valence electrons. The fourth-order valence-corrected chi connectivity index (χ4v) is 2.08. The maximum Gasteiger partial charge on any atom is 0.135 e. The second kappa shape index (κ2) is 8.17. The van der Waals surface area contributed by atoms with Crippen LogP contribution in [0.4, 0.5) is 11.6 Å². The highest BCUT2D eigenvalue weighted by molar-refractivity contribution is 5.48. The summed E-state index contributed by atoms with van der Waals surface area (Å²) in [6.07, 6.45) is 0. The average Bonchev–Trinajstić information content (AvgIpc) is 2.37. The van der Waals surface area contributed by atoms with Gasteiger partial charge in [0, 0.05) is 31.1 Å². The highest BCUT2D eigenvalue weighted by Gasteiger charge is 2.16. The number of likely N-dealkylation sites (N-methyl/N-ethyl adjacent to an activating group) is 1. The molecule has 1 aromatic heterocycles. The number of aromatic nitrogens is 2. The van der Waals surface area contributed by atoms with E-state index < -0.39 is 0 Å². The molecule has 5 heteroatoms. The summed E-state index contributed by atoms with van der Waals surface area (Å²) in [5.74, 6) is 3.53. The Morgan fingerprint density at radius 3 is 2.19 bits per heavy atom. The maximum atomic E-state index is 4.66. The predicted octanol–water partition coefficient (Wildman–Crippen LogP) is 3.03. The van der Waals surface area contributed by atoms with Crippen molar-refractivity contribution in [3.8, 4) is 0 Å². The molecule has 0 bridgehead atoms. The Kier molecular flexibility index (Phi) is 6.89. The van der Waals surface area contributed by atoms with Gasteiger partial charge in [-0.15, -0.1) is 0 Å².